The van der Waals surface area contributed by atoms with Crippen molar-refractivity contribution in [1.29, 1.82) is 0 Å². The highest BCUT2D eigenvalue weighted by Crippen LogP contribution is 2.25. The van der Waals surface area contributed by atoms with Crippen LogP contribution in [0.4, 0.5) is 0 Å². The molecule has 4 aromatic rings. The van der Waals surface area contributed by atoms with Gasteiger partial charge in [0.2, 0.25) is 5.91 Å². The molecule has 9 heteroatoms. The molecule has 0 radical (unpaired) electrons. The summed E-state index contributed by atoms with van der Waals surface area (Å²) in [5, 5.41) is 18.0. The zero-order chi connectivity index (χ0) is 22.8. The van der Waals surface area contributed by atoms with Gasteiger partial charge >= 0.3 is 0 Å². The molecule has 1 aliphatic heterocycles. The van der Waals surface area contributed by atoms with Crippen LogP contribution in [-0.4, -0.2) is 64.6 Å². The van der Waals surface area contributed by atoms with Crippen molar-refractivity contribution >= 4 is 5.91 Å². The number of nitrogens with zero attached hydrogens (tertiary/aromatic N) is 7. The minimum absolute atomic E-state index is 0.00489. The van der Waals surface area contributed by atoms with E-state index in [0.717, 1.165) is 40.7 Å². The summed E-state index contributed by atoms with van der Waals surface area (Å²) in [6.45, 7) is 0.844. The van der Waals surface area contributed by atoms with Crippen LogP contribution in [0, 0.1) is 0 Å². The number of likely N-dealkylation sites (tertiary alicyclic amines) is 1. The van der Waals surface area contributed by atoms with Crippen molar-refractivity contribution in [3.05, 3.63) is 61.4 Å². The average molecular weight is 444 g/mol. The second kappa shape index (κ2) is 8.95. The predicted octanol–water partition coefficient (Wildman–Crippen LogP) is 2.39. The number of hydrogen-bond donors (Lipinski definition) is 1. The van der Waals surface area contributed by atoms with Crippen LogP contribution in [-0.2, 0) is 18.4 Å². The van der Waals surface area contributed by atoms with Gasteiger partial charge < -0.3 is 10.0 Å². The van der Waals surface area contributed by atoms with E-state index in [1.165, 1.54) is 0 Å². The molecule has 0 bridgehead atoms. The van der Waals surface area contributed by atoms with Crippen LogP contribution in [0.25, 0.3) is 33.6 Å². The number of aliphatic hydroxyl groups excluding tert-OH is 1. The lowest BCUT2D eigenvalue weighted by Gasteiger charge is -2.22. The summed E-state index contributed by atoms with van der Waals surface area (Å²) in [4.78, 5) is 23.4. The first-order valence-corrected chi connectivity index (χ1v) is 11.0. The van der Waals surface area contributed by atoms with Crippen molar-refractivity contribution in [2.24, 2.45) is 7.05 Å². The molecule has 1 N–H and O–H groups in total. The zero-order valence-electron chi connectivity index (χ0n) is 18.4. The molecule has 1 fully saturated rings. The lowest BCUT2D eigenvalue weighted by molar-refractivity contribution is -0.133. The molecule has 168 valence electrons. The third-order valence-electron chi connectivity index (χ3n) is 5.98. The van der Waals surface area contributed by atoms with Gasteiger partial charge in [-0.25, -0.2) is 9.97 Å². The number of rotatable bonds is 6. The van der Waals surface area contributed by atoms with E-state index in [4.69, 9.17) is 0 Å². The SMILES string of the molecule is Cn1cc(-c2cccc(-c3ncc(-c4cnn(CC(=O)N5CCC[C@H]5CO)c4)cn3)c2)cn1. The van der Waals surface area contributed by atoms with Gasteiger partial charge in [0.05, 0.1) is 25.0 Å². The molecule has 5 rings (SSSR count). The van der Waals surface area contributed by atoms with Gasteiger partial charge in [-0.2, -0.15) is 10.2 Å². The summed E-state index contributed by atoms with van der Waals surface area (Å²) in [7, 11) is 1.89. The number of carbonyl (C=O) groups excluding carboxylic acids is 1. The van der Waals surface area contributed by atoms with Crippen molar-refractivity contribution in [3.63, 3.8) is 0 Å². The van der Waals surface area contributed by atoms with E-state index in [9.17, 15) is 9.90 Å². The lowest BCUT2D eigenvalue weighted by atomic mass is 10.1. The summed E-state index contributed by atoms with van der Waals surface area (Å²) in [6, 6.07) is 7.97. The topological polar surface area (TPSA) is 102 Å². The van der Waals surface area contributed by atoms with Crippen molar-refractivity contribution in [1.82, 2.24) is 34.4 Å². The Hall–Kier alpha value is -3.85. The maximum atomic E-state index is 12.6. The molecule has 1 aliphatic rings. The Balaban J connectivity index is 1.30. The summed E-state index contributed by atoms with van der Waals surface area (Å²) in [5.41, 5.74) is 4.69. The number of aromatic nitrogens is 6. The first-order chi connectivity index (χ1) is 16.1. The molecule has 1 aromatic carbocycles. The number of hydrogen-bond acceptors (Lipinski definition) is 6. The molecule has 1 amide bonds. The second-order valence-electron chi connectivity index (χ2n) is 8.27. The highest BCUT2D eigenvalue weighted by atomic mass is 16.3. The lowest BCUT2D eigenvalue weighted by Crippen LogP contribution is -2.39. The van der Waals surface area contributed by atoms with Crippen LogP contribution in [0.5, 0.6) is 0 Å². The van der Waals surface area contributed by atoms with E-state index >= 15 is 0 Å². The van der Waals surface area contributed by atoms with Gasteiger partial charge in [0, 0.05) is 60.6 Å². The van der Waals surface area contributed by atoms with Gasteiger partial charge in [0.15, 0.2) is 5.82 Å². The van der Waals surface area contributed by atoms with E-state index in [-0.39, 0.29) is 25.1 Å². The molecule has 1 atom stereocenters. The molecular formula is C24H25N7O2. The number of carbonyl (C=O) groups is 1. The molecule has 33 heavy (non-hydrogen) atoms. The summed E-state index contributed by atoms with van der Waals surface area (Å²) < 4.78 is 3.40. The third kappa shape index (κ3) is 4.40. The zero-order valence-corrected chi connectivity index (χ0v) is 18.4. The van der Waals surface area contributed by atoms with Crippen LogP contribution in [0.2, 0.25) is 0 Å². The molecule has 0 spiro atoms. The normalized spacial score (nSPS) is 15.8. The van der Waals surface area contributed by atoms with Gasteiger partial charge in [-0.05, 0) is 24.5 Å². The molecule has 1 saturated heterocycles. The van der Waals surface area contributed by atoms with Gasteiger partial charge in [-0.3, -0.25) is 14.2 Å². The van der Waals surface area contributed by atoms with Crippen molar-refractivity contribution < 1.29 is 9.90 Å². The Kier molecular flexibility index (Phi) is 5.70. The van der Waals surface area contributed by atoms with Crippen LogP contribution in [0.15, 0.2) is 61.4 Å². The molecule has 0 unspecified atom stereocenters. The smallest absolute Gasteiger partial charge is 0.244 e. The maximum absolute atomic E-state index is 12.6. The Morgan fingerprint density at radius 1 is 1.00 bits per heavy atom. The van der Waals surface area contributed by atoms with E-state index < -0.39 is 0 Å². The van der Waals surface area contributed by atoms with Crippen LogP contribution in [0.1, 0.15) is 12.8 Å². The van der Waals surface area contributed by atoms with Crippen LogP contribution >= 0.6 is 0 Å². The number of aliphatic hydroxyl groups is 1. The standard InChI is InChI=1S/C24H25N7O2/c1-29-13-20(11-27-29)17-4-2-5-18(8-17)24-25-9-19(10-26-24)21-12-28-30(14-21)15-23(33)31-7-3-6-22(31)16-32/h2,4-5,8-14,22,32H,3,6-7,15-16H2,1H3/t22-/m0/s1. The minimum atomic E-state index is -0.0786. The second-order valence-corrected chi connectivity index (χ2v) is 8.27. The van der Waals surface area contributed by atoms with E-state index in [0.29, 0.717) is 12.4 Å². The van der Waals surface area contributed by atoms with Crippen molar-refractivity contribution in [3.8, 4) is 33.6 Å². The highest BCUT2D eigenvalue weighted by Gasteiger charge is 2.28. The number of amides is 1. The molecule has 0 saturated carbocycles. The van der Waals surface area contributed by atoms with E-state index in [1.54, 1.807) is 32.9 Å². The first-order valence-electron chi connectivity index (χ1n) is 11.0. The molecule has 3 aromatic heterocycles. The Labute approximate surface area is 191 Å². The monoisotopic (exact) mass is 443 g/mol. The number of aryl methyl sites for hydroxylation is 1. The predicted molar refractivity (Wildman–Crippen MR) is 123 cm³/mol. The average Bonchev–Trinajstić information content (AvgIpc) is 3.60. The van der Waals surface area contributed by atoms with Gasteiger partial charge in [-0.1, -0.05) is 18.2 Å². The Morgan fingerprint density at radius 3 is 2.52 bits per heavy atom. The Morgan fingerprint density at radius 2 is 1.76 bits per heavy atom. The first kappa shape index (κ1) is 21.0. The van der Waals surface area contributed by atoms with Crippen molar-refractivity contribution in [2.45, 2.75) is 25.4 Å². The number of benzene rings is 1. The van der Waals surface area contributed by atoms with Gasteiger partial charge in [0.1, 0.15) is 6.54 Å². The third-order valence-corrected chi connectivity index (χ3v) is 5.98. The van der Waals surface area contributed by atoms with Crippen molar-refractivity contribution in [2.75, 3.05) is 13.2 Å². The molecule has 0 aliphatic carbocycles. The van der Waals surface area contributed by atoms with Gasteiger partial charge in [-0.15, -0.1) is 0 Å². The summed E-state index contributed by atoms with van der Waals surface area (Å²) in [5.74, 6) is 0.609. The fraction of sp³-hybridized carbons (Fsp3) is 0.292. The quantitative estimate of drug-likeness (QED) is 0.491. The molecular weight excluding hydrogens is 418 g/mol. The van der Waals surface area contributed by atoms with Gasteiger partial charge in [0.25, 0.3) is 0 Å². The molecule has 9 nitrogen and oxygen atoms in total. The van der Waals surface area contributed by atoms with E-state index in [2.05, 4.69) is 20.2 Å². The van der Waals surface area contributed by atoms with E-state index in [1.807, 2.05) is 49.9 Å². The summed E-state index contributed by atoms with van der Waals surface area (Å²) >= 11 is 0. The minimum Gasteiger partial charge on any atom is -0.394 e. The largest absolute Gasteiger partial charge is 0.394 e. The van der Waals surface area contributed by atoms with Crippen LogP contribution < -0.4 is 0 Å². The highest BCUT2D eigenvalue weighted by molar-refractivity contribution is 5.77. The fourth-order valence-electron chi connectivity index (χ4n) is 4.22. The van der Waals surface area contributed by atoms with Crippen LogP contribution in [0.3, 0.4) is 0 Å². The summed E-state index contributed by atoms with van der Waals surface area (Å²) in [6.07, 6.45) is 12.6. The molecule has 4 heterocycles. The fourth-order valence-corrected chi connectivity index (χ4v) is 4.22. The maximum Gasteiger partial charge on any atom is 0.244 e. The Bertz CT molecular complexity index is 1260.